The van der Waals surface area contributed by atoms with Crippen LogP contribution in [0.4, 0.5) is 0 Å². The molecule has 0 amide bonds. The van der Waals surface area contributed by atoms with Gasteiger partial charge in [0.15, 0.2) is 0 Å². The Morgan fingerprint density at radius 2 is 1.79 bits per heavy atom. The van der Waals surface area contributed by atoms with Gasteiger partial charge in [-0.15, -0.1) is 11.8 Å². The molecule has 1 heterocycles. The summed E-state index contributed by atoms with van der Waals surface area (Å²) in [5, 5.41) is 0. The van der Waals surface area contributed by atoms with Gasteiger partial charge >= 0.3 is 0 Å². The maximum atomic E-state index is 5.75. The van der Waals surface area contributed by atoms with Gasteiger partial charge in [0.25, 0.3) is 0 Å². The second-order valence-corrected chi connectivity index (χ2v) is 5.84. The Hall–Kier alpha value is -1.39. The Balaban J connectivity index is 1.91. The highest BCUT2D eigenvalue weighted by atomic mass is 32.2. The minimum atomic E-state index is 0.149. The molecule has 0 fully saturated rings. The van der Waals surface area contributed by atoms with E-state index in [2.05, 4.69) is 41.2 Å². The third kappa shape index (κ3) is 4.65. The lowest BCUT2D eigenvalue weighted by molar-refractivity contribution is 0.730. The number of nitrogens with two attached hydrogens (primary N) is 1. The highest BCUT2D eigenvalue weighted by Gasteiger charge is 2.02. The molecular formula is C15H19N3S. The number of benzene rings is 1. The first-order valence-electron chi connectivity index (χ1n) is 6.38. The van der Waals surface area contributed by atoms with E-state index in [0.29, 0.717) is 0 Å². The highest BCUT2D eigenvalue weighted by Crippen LogP contribution is 2.21. The lowest BCUT2D eigenvalue weighted by atomic mass is 10.1. The van der Waals surface area contributed by atoms with Gasteiger partial charge in [-0.1, -0.05) is 17.7 Å². The molecule has 2 rings (SSSR count). The number of rotatable bonds is 5. The fraction of sp³-hybridized carbons (Fsp3) is 0.333. The molecule has 2 aromatic rings. The second kappa shape index (κ2) is 6.68. The van der Waals surface area contributed by atoms with Crippen LogP contribution in [0.3, 0.4) is 0 Å². The summed E-state index contributed by atoms with van der Waals surface area (Å²) in [6, 6.07) is 8.65. The molecule has 3 nitrogen and oxygen atoms in total. The third-order valence-electron chi connectivity index (χ3n) is 2.71. The molecule has 0 bridgehead atoms. The van der Waals surface area contributed by atoms with Crippen LogP contribution in [0.5, 0.6) is 0 Å². The van der Waals surface area contributed by atoms with E-state index >= 15 is 0 Å². The van der Waals surface area contributed by atoms with Crippen LogP contribution in [0.15, 0.2) is 41.6 Å². The molecule has 0 saturated heterocycles. The number of thioether (sulfide) groups is 1. The van der Waals surface area contributed by atoms with Crippen LogP contribution in [0.25, 0.3) is 0 Å². The molecule has 1 atom stereocenters. The predicted molar refractivity (Wildman–Crippen MR) is 80.1 cm³/mol. The molecule has 0 spiro atoms. The van der Waals surface area contributed by atoms with Crippen LogP contribution in [-0.4, -0.2) is 16.0 Å². The van der Waals surface area contributed by atoms with E-state index in [0.717, 1.165) is 23.6 Å². The molecule has 4 heteroatoms. The normalized spacial score (nSPS) is 12.4. The van der Waals surface area contributed by atoms with Gasteiger partial charge in [-0.3, -0.25) is 0 Å². The molecule has 1 aromatic carbocycles. The largest absolute Gasteiger partial charge is 0.328 e. The van der Waals surface area contributed by atoms with E-state index in [-0.39, 0.29) is 6.04 Å². The van der Waals surface area contributed by atoms with Crippen molar-refractivity contribution in [2.75, 3.05) is 0 Å². The highest BCUT2D eigenvalue weighted by molar-refractivity contribution is 7.98. The van der Waals surface area contributed by atoms with Crippen molar-refractivity contribution in [2.45, 2.75) is 37.0 Å². The first-order chi connectivity index (χ1) is 9.13. The van der Waals surface area contributed by atoms with Crippen molar-refractivity contribution in [1.82, 2.24) is 9.97 Å². The second-order valence-electron chi connectivity index (χ2n) is 4.79. The maximum Gasteiger partial charge on any atom is 0.138 e. The zero-order chi connectivity index (χ0) is 13.7. The summed E-state index contributed by atoms with van der Waals surface area (Å²) in [5.41, 5.74) is 8.12. The van der Waals surface area contributed by atoms with Crippen molar-refractivity contribution >= 4 is 11.8 Å². The SMILES string of the molecule is Cc1ccc(SCc2ncc(CC(C)N)cn2)cc1. The molecule has 0 aliphatic carbocycles. The summed E-state index contributed by atoms with van der Waals surface area (Å²) in [7, 11) is 0. The Kier molecular flexibility index (Phi) is 4.93. The van der Waals surface area contributed by atoms with Crippen LogP contribution in [0.2, 0.25) is 0 Å². The molecule has 0 aliphatic rings. The molecule has 1 aromatic heterocycles. The molecule has 0 radical (unpaired) electrons. The summed E-state index contributed by atoms with van der Waals surface area (Å²) in [5.74, 6) is 1.65. The Labute approximate surface area is 118 Å². The van der Waals surface area contributed by atoms with Crippen molar-refractivity contribution in [3.8, 4) is 0 Å². The average Bonchev–Trinajstić information content (AvgIpc) is 2.39. The number of hydrogen-bond acceptors (Lipinski definition) is 4. The fourth-order valence-electron chi connectivity index (χ4n) is 1.72. The van der Waals surface area contributed by atoms with Gasteiger partial charge in [-0.25, -0.2) is 9.97 Å². The molecule has 100 valence electrons. The summed E-state index contributed by atoms with van der Waals surface area (Å²) < 4.78 is 0. The van der Waals surface area contributed by atoms with E-state index in [9.17, 15) is 0 Å². The van der Waals surface area contributed by atoms with Gasteiger partial charge in [0.05, 0.1) is 5.75 Å². The molecule has 0 aliphatic heterocycles. The zero-order valence-electron chi connectivity index (χ0n) is 11.3. The molecule has 1 unspecified atom stereocenters. The maximum absolute atomic E-state index is 5.75. The quantitative estimate of drug-likeness (QED) is 0.851. The van der Waals surface area contributed by atoms with Crippen molar-refractivity contribution < 1.29 is 0 Å². The summed E-state index contributed by atoms with van der Waals surface area (Å²) in [6.07, 6.45) is 4.58. The van der Waals surface area contributed by atoms with Crippen LogP contribution < -0.4 is 5.73 Å². The minimum Gasteiger partial charge on any atom is -0.328 e. The van der Waals surface area contributed by atoms with E-state index < -0.39 is 0 Å². The van der Waals surface area contributed by atoms with Crippen molar-refractivity contribution in [2.24, 2.45) is 5.73 Å². The molecule has 19 heavy (non-hydrogen) atoms. The third-order valence-corrected chi connectivity index (χ3v) is 3.71. The number of aromatic nitrogens is 2. The monoisotopic (exact) mass is 273 g/mol. The molecule has 0 saturated carbocycles. The van der Waals surface area contributed by atoms with E-state index in [1.54, 1.807) is 11.8 Å². The standard InChI is InChI=1S/C15H19N3S/c1-11-3-5-14(6-4-11)19-10-15-17-8-13(9-18-15)7-12(2)16/h3-6,8-9,12H,7,10,16H2,1-2H3. The number of nitrogens with zero attached hydrogens (tertiary/aromatic N) is 2. The summed E-state index contributed by atoms with van der Waals surface area (Å²) in [6.45, 7) is 4.08. The van der Waals surface area contributed by atoms with Gasteiger partial charge in [0.1, 0.15) is 5.82 Å². The van der Waals surface area contributed by atoms with Crippen LogP contribution in [0.1, 0.15) is 23.9 Å². The number of aryl methyl sites for hydroxylation is 1. The van der Waals surface area contributed by atoms with Gasteiger partial charge < -0.3 is 5.73 Å². The molecular weight excluding hydrogens is 254 g/mol. The van der Waals surface area contributed by atoms with Crippen molar-refractivity contribution in [1.29, 1.82) is 0 Å². The Bertz CT molecular complexity index is 506. The Morgan fingerprint density at radius 3 is 2.37 bits per heavy atom. The van der Waals surface area contributed by atoms with Crippen LogP contribution in [-0.2, 0) is 12.2 Å². The minimum absolute atomic E-state index is 0.149. The zero-order valence-corrected chi connectivity index (χ0v) is 12.2. The van der Waals surface area contributed by atoms with Gasteiger partial charge in [0.2, 0.25) is 0 Å². The van der Waals surface area contributed by atoms with E-state index in [1.165, 1.54) is 10.5 Å². The lowest BCUT2D eigenvalue weighted by Crippen LogP contribution is -2.18. The topological polar surface area (TPSA) is 51.8 Å². The number of hydrogen-bond donors (Lipinski definition) is 1. The van der Waals surface area contributed by atoms with Gasteiger partial charge in [-0.2, -0.15) is 0 Å². The fourth-order valence-corrected chi connectivity index (χ4v) is 2.49. The van der Waals surface area contributed by atoms with Gasteiger partial charge in [0, 0.05) is 23.3 Å². The average molecular weight is 273 g/mol. The van der Waals surface area contributed by atoms with Crippen molar-refractivity contribution in [3.05, 3.63) is 53.6 Å². The summed E-state index contributed by atoms with van der Waals surface area (Å²) >= 11 is 1.75. The van der Waals surface area contributed by atoms with E-state index in [1.807, 2.05) is 19.3 Å². The first kappa shape index (κ1) is 14.0. The smallest absolute Gasteiger partial charge is 0.138 e. The Morgan fingerprint density at radius 1 is 1.16 bits per heavy atom. The molecule has 2 N–H and O–H groups in total. The lowest BCUT2D eigenvalue weighted by Gasteiger charge is -2.05. The van der Waals surface area contributed by atoms with Crippen LogP contribution >= 0.6 is 11.8 Å². The van der Waals surface area contributed by atoms with E-state index in [4.69, 9.17) is 5.73 Å². The summed E-state index contributed by atoms with van der Waals surface area (Å²) in [4.78, 5) is 10.00. The predicted octanol–water partition coefficient (Wildman–Crippen LogP) is 2.97. The van der Waals surface area contributed by atoms with Gasteiger partial charge in [-0.05, 0) is 38.0 Å². The first-order valence-corrected chi connectivity index (χ1v) is 7.37. The van der Waals surface area contributed by atoms with Crippen molar-refractivity contribution in [3.63, 3.8) is 0 Å². The van der Waals surface area contributed by atoms with Crippen LogP contribution in [0, 0.1) is 6.92 Å².